The minimum absolute atomic E-state index is 0.443. The van der Waals surface area contributed by atoms with Crippen LogP contribution in [-0.4, -0.2) is 11.3 Å². The quantitative estimate of drug-likeness (QED) is 0.580. The maximum atomic E-state index is 1.62. The molecule has 1 unspecified atom stereocenters. The first-order valence-electron chi connectivity index (χ1n) is 4.68. The fourth-order valence-electron chi connectivity index (χ4n) is 1.64. The molecule has 1 atom stereocenters. The molecule has 60 valence electrons. The molecule has 0 aromatic heterocycles. The Labute approximate surface area is 67.0 Å². The molecule has 2 saturated carbocycles. The van der Waals surface area contributed by atoms with Gasteiger partial charge in [-0.2, -0.15) is 0 Å². The third kappa shape index (κ3) is 1.72. The molecule has 0 N–H and O–H groups in total. The number of rotatable bonds is 3. The molecule has 0 aromatic carbocycles. The van der Waals surface area contributed by atoms with E-state index in [0.717, 1.165) is 0 Å². The Morgan fingerprint density at radius 3 is 2.10 bits per heavy atom. The van der Waals surface area contributed by atoms with E-state index in [0.29, 0.717) is 8.27 Å². The van der Waals surface area contributed by atoms with Crippen molar-refractivity contribution < 1.29 is 0 Å². The summed E-state index contributed by atoms with van der Waals surface area (Å²) in [6.07, 6.45) is 9.54. The van der Waals surface area contributed by atoms with Crippen LogP contribution in [0.4, 0.5) is 0 Å². The van der Waals surface area contributed by atoms with E-state index in [9.17, 15) is 0 Å². The summed E-state index contributed by atoms with van der Waals surface area (Å²) in [4.78, 5) is 0. The molecule has 0 heterocycles. The van der Waals surface area contributed by atoms with Gasteiger partial charge in [0, 0.05) is 0 Å². The molecular weight excluding hydrogens is 158 g/mol. The molecule has 2 aliphatic rings. The monoisotopic (exact) mass is 176 g/mol. The van der Waals surface area contributed by atoms with Gasteiger partial charge in [-0.25, -0.2) is 0 Å². The average Bonchev–Trinajstić information content (AvgIpc) is 1.70. The van der Waals surface area contributed by atoms with Gasteiger partial charge in [-0.1, -0.05) is 0 Å². The Hall–Kier alpha value is 0.860. The van der Waals surface area contributed by atoms with Gasteiger partial charge in [0.25, 0.3) is 0 Å². The van der Waals surface area contributed by atoms with Crippen molar-refractivity contribution in [2.24, 2.45) is 0 Å². The third-order valence-corrected chi connectivity index (χ3v) is 9.98. The molecular formula is C8H18P2. The number of hydrogen-bond donors (Lipinski definition) is 0. The molecule has 0 amide bonds. The summed E-state index contributed by atoms with van der Waals surface area (Å²) in [5.74, 6) is 0. The summed E-state index contributed by atoms with van der Waals surface area (Å²) < 4.78 is 0. The molecule has 0 aromatic rings. The van der Waals surface area contributed by atoms with Gasteiger partial charge in [0.15, 0.2) is 0 Å². The predicted octanol–water partition coefficient (Wildman–Crippen LogP) is 2.83. The third-order valence-electron chi connectivity index (χ3n) is 3.03. The summed E-state index contributed by atoms with van der Waals surface area (Å²) >= 11 is 0. The fourth-order valence-corrected chi connectivity index (χ4v) is 8.56. The van der Waals surface area contributed by atoms with E-state index in [2.05, 4.69) is 0 Å². The summed E-state index contributed by atoms with van der Waals surface area (Å²) in [6.45, 7) is 0. The Morgan fingerprint density at radius 2 is 1.70 bits per heavy atom. The molecule has 0 aliphatic heterocycles. The molecule has 2 rings (SSSR count). The molecule has 2 fully saturated rings. The van der Waals surface area contributed by atoms with Crippen molar-refractivity contribution >= 4 is 16.5 Å². The van der Waals surface area contributed by atoms with Crippen LogP contribution >= 0.6 is 16.5 Å². The van der Waals surface area contributed by atoms with Crippen LogP contribution in [0.1, 0.15) is 38.5 Å². The van der Waals surface area contributed by atoms with E-state index in [1.54, 1.807) is 38.5 Å². The van der Waals surface area contributed by atoms with Gasteiger partial charge in [-0.05, 0) is 0 Å². The molecule has 0 bridgehead atoms. The van der Waals surface area contributed by atoms with Crippen molar-refractivity contribution in [3.05, 3.63) is 0 Å². The SMILES string of the molecule is C1CC(P[PH3]C2CCC2)C1. The first-order valence-corrected chi connectivity index (χ1v) is 8.91. The summed E-state index contributed by atoms with van der Waals surface area (Å²) in [5, 5.41) is 0. The molecule has 2 heteroatoms. The first kappa shape index (κ1) is 7.51. The standard InChI is InChI=1S/C8H18P2/c1-3-7(4-1)9-10-8-5-2-6-8/h7-9H,1-6H2,10H3. The van der Waals surface area contributed by atoms with Crippen LogP contribution in [0.25, 0.3) is 0 Å². The van der Waals surface area contributed by atoms with Gasteiger partial charge in [-0.3, -0.25) is 0 Å². The van der Waals surface area contributed by atoms with Crippen LogP contribution < -0.4 is 0 Å². The second kappa shape index (κ2) is 3.51. The summed E-state index contributed by atoms with van der Waals surface area (Å²) in [6, 6.07) is 0. The first-order chi connectivity index (χ1) is 4.95. The van der Waals surface area contributed by atoms with Crippen molar-refractivity contribution in [1.82, 2.24) is 0 Å². The Bertz CT molecular complexity index is 91.8. The zero-order chi connectivity index (χ0) is 6.81. The zero-order valence-corrected chi connectivity index (χ0v) is 9.02. The molecule has 0 spiro atoms. The Balaban J connectivity index is 1.54. The predicted molar refractivity (Wildman–Crippen MR) is 54.7 cm³/mol. The normalized spacial score (nSPS) is 29.2. The van der Waals surface area contributed by atoms with Crippen LogP contribution in [0.15, 0.2) is 0 Å². The fraction of sp³-hybridized carbons (Fsp3) is 1.00. The molecule has 0 nitrogen and oxygen atoms in total. The van der Waals surface area contributed by atoms with Crippen LogP contribution in [0, 0.1) is 0 Å². The van der Waals surface area contributed by atoms with Crippen molar-refractivity contribution in [2.75, 3.05) is 0 Å². The minimum atomic E-state index is 0.443. The van der Waals surface area contributed by atoms with Crippen molar-refractivity contribution in [3.8, 4) is 0 Å². The van der Waals surface area contributed by atoms with E-state index >= 15 is 0 Å². The second-order valence-electron chi connectivity index (χ2n) is 3.83. The van der Waals surface area contributed by atoms with Crippen LogP contribution in [0.3, 0.4) is 0 Å². The van der Waals surface area contributed by atoms with E-state index in [1.165, 1.54) is 19.6 Å². The van der Waals surface area contributed by atoms with Gasteiger partial charge < -0.3 is 0 Å². The van der Waals surface area contributed by atoms with Gasteiger partial charge in [0.2, 0.25) is 0 Å². The second-order valence-corrected chi connectivity index (χ2v) is 9.07. The van der Waals surface area contributed by atoms with Crippen molar-refractivity contribution in [1.29, 1.82) is 0 Å². The van der Waals surface area contributed by atoms with Gasteiger partial charge >= 0.3 is 66.4 Å². The molecule has 0 radical (unpaired) electrons. The zero-order valence-electron chi connectivity index (χ0n) is 6.60. The van der Waals surface area contributed by atoms with Gasteiger partial charge in [-0.15, -0.1) is 0 Å². The topological polar surface area (TPSA) is 0 Å². The van der Waals surface area contributed by atoms with Crippen LogP contribution in [0.2, 0.25) is 0 Å². The summed E-state index contributed by atoms with van der Waals surface area (Å²) in [7, 11) is 1.91. The Kier molecular flexibility index (Phi) is 2.63. The van der Waals surface area contributed by atoms with E-state index in [-0.39, 0.29) is 0 Å². The molecule has 2 aliphatic carbocycles. The van der Waals surface area contributed by atoms with E-state index < -0.39 is 0 Å². The maximum absolute atomic E-state index is 1.62. The van der Waals surface area contributed by atoms with E-state index in [1.807, 2.05) is 0 Å². The summed E-state index contributed by atoms with van der Waals surface area (Å²) in [5.41, 5.74) is 2.55. The van der Waals surface area contributed by atoms with Crippen LogP contribution in [0.5, 0.6) is 0 Å². The van der Waals surface area contributed by atoms with Crippen molar-refractivity contribution in [3.63, 3.8) is 0 Å². The molecule has 10 heavy (non-hydrogen) atoms. The average molecular weight is 176 g/mol. The van der Waals surface area contributed by atoms with Gasteiger partial charge in [0.05, 0.1) is 0 Å². The number of hydrogen-bond acceptors (Lipinski definition) is 0. The molecule has 0 saturated heterocycles. The van der Waals surface area contributed by atoms with Crippen molar-refractivity contribution in [2.45, 2.75) is 49.8 Å². The van der Waals surface area contributed by atoms with E-state index in [4.69, 9.17) is 0 Å². The van der Waals surface area contributed by atoms with Gasteiger partial charge in [0.1, 0.15) is 0 Å². The Morgan fingerprint density at radius 1 is 1.00 bits per heavy atom. The van der Waals surface area contributed by atoms with Crippen LogP contribution in [-0.2, 0) is 0 Å².